The Morgan fingerprint density at radius 1 is 1.27 bits per heavy atom. The molecule has 2 saturated heterocycles. The highest BCUT2D eigenvalue weighted by Crippen LogP contribution is 2.37. The molecular formula is C19H25N5O2. The quantitative estimate of drug-likeness (QED) is 0.772. The van der Waals surface area contributed by atoms with Crippen LogP contribution in [0, 0.1) is 13.8 Å². The topological polar surface area (TPSA) is 96.4 Å². The van der Waals surface area contributed by atoms with E-state index in [1.807, 2.05) is 49.1 Å². The van der Waals surface area contributed by atoms with Gasteiger partial charge < -0.3 is 15.2 Å². The third-order valence-corrected chi connectivity index (χ3v) is 5.56. The van der Waals surface area contributed by atoms with E-state index in [2.05, 4.69) is 16.0 Å². The summed E-state index contributed by atoms with van der Waals surface area (Å²) in [6.07, 6.45) is 1.59. The lowest BCUT2D eigenvalue weighted by molar-refractivity contribution is -0.134. The Kier molecular flexibility index (Phi) is 4.52. The molecule has 0 saturated carbocycles. The first kappa shape index (κ1) is 17.2. The largest absolute Gasteiger partial charge is 0.361 e. The monoisotopic (exact) mass is 355 g/mol. The van der Waals surface area contributed by atoms with Gasteiger partial charge in [0.05, 0.1) is 17.9 Å². The van der Waals surface area contributed by atoms with Gasteiger partial charge in [-0.1, -0.05) is 35.5 Å². The van der Waals surface area contributed by atoms with Crippen LogP contribution < -0.4 is 16.6 Å². The van der Waals surface area contributed by atoms with E-state index < -0.39 is 6.04 Å². The maximum atomic E-state index is 13.4. The van der Waals surface area contributed by atoms with Gasteiger partial charge in [0.2, 0.25) is 5.91 Å². The average Bonchev–Trinajstić information content (AvgIpc) is 3.34. The van der Waals surface area contributed by atoms with Crippen LogP contribution in [-0.2, 0) is 4.79 Å². The molecule has 1 aromatic carbocycles. The standard InChI is InChI=1S/C19H25N5O2/c1-11-15(12(2)26-23-11)14-9-6-10-24(14)19(25)17-16(18(20)22-21-17)13-7-4-3-5-8-13/h3-5,7-8,14,16-18,21-22H,6,9-10,20H2,1-2H3. The average molecular weight is 355 g/mol. The summed E-state index contributed by atoms with van der Waals surface area (Å²) in [6.45, 7) is 4.59. The number of carbonyl (C=O) groups excluding carboxylic acids is 1. The molecule has 138 valence electrons. The molecule has 7 heteroatoms. The zero-order valence-corrected chi connectivity index (χ0v) is 15.1. The smallest absolute Gasteiger partial charge is 0.242 e. The van der Waals surface area contributed by atoms with E-state index in [0.29, 0.717) is 0 Å². The van der Waals surface area contributed by atoms with Crippen LogP contribution in [0.4, 0.5) is 0 Å². The minimum absolute atomic E-state index is 0.0174. The molecule has 1 aromatic heterocycles. The predicted molar refractivity (Wildman–Crippen MR) is 96.9 cm³/mol. The highest BCUT2D eigenvalue weighted by atomic mass is 16.5. The van der Waals surface area contributed by atoms with Crippen LogP contribution in [0.3, 0.4) is 0 Å². The fourth-order valence-electron chi connectivity index (χ4n) is 4.34. The normalized spacial score (nSPS) is 28.7. The molecule has 0 spiro atoms. The molecule has 4 atom stereocenters. The van der Waals surface area contributed by atoms with Crippen LogP contribution in [0.2, 0.25) is 0 Å². The maximum absolute atomic E-state index is 13.4. The summed E-state index contributed by atoms with van der Waals surface area (Å²) in [6, 6.07) is 9.59. The number of aromatic nitrogens is 1. The lowest BCUT2D eigenvalue weighted by Gasteiger charge is -2.30. The second kappa shape index (κ2) is 6.83. The van der Waals surface area contributed by atoms with Gasteiger partial charge in [-0.05, 0) is 32.3 Å². The Balaban J connectivity index is 1.62. The van der Waals surface area contributed by atoms with Gasteiger partial charge in [0.15, 0.2) is 0 Å². The van der Waals surface area contributed by atoms with E-state index in [4.69, 9.17) is 10.3 Å². The molecule has 4 N–H and O–H groups in total. The fourth-order valence-corrected chi connectivity index (χ4v) is 4.34. The third-order valence-electron chi connectivity index (χ3n) is 5.56. The maximum Gasteiger partial charge on any atom is 0.242 e. The molecule has 1 amide bonds. The van der Waals surface area contributed by atoms with Crippen molar-refractivity contribution in [3.63, 3.8) is 0 Å². The van der Waals surface area contributed by atoms with Gasteiger partial charge in [0, 0.05) is 18.0 Å². The molecule has 0 bridgehead atoms. The van der Waals surface area contributed by atoms with Crippen LogP contribution in [0.25, 0.3) is 0 Å². The molecule has 2 aliphatic rings. The number of hydrazine groups is 1. The van der Waals surface area contributed by atoms with Crippen LogP contribution in [-0.4, -0.2) is 34.7 Å². The summed E-state index contributed by atoms with van der Waals surface area (Å²) in [5.74, 6) is 0.748. The van der Waals surface area contributed by atoms with Gasteiger partial charge >= 0.3 is 0 Å². The van der Waals surface area contributed by atoms with E-state index in [1.165, 1.54) is 0 Å². The van der Waals surface area contributed by atoms with Crippen LogP contribution in [0.15, 0.2) is 34.9 Å². The van der Waals surface area contributed by atoms with Crippen molar-refractivity contribution in [3.8, 4) is 0 Å². The number of rotatable bonds is 3. The minimum Gasteiger partial charge on any atom is -0.361 e. The SMILES string of the molecule is Cc1noc(C)c1C1CCCN1C(=O)C1NNC(N)C1c1ccccc1. The molecule has 3 heterocycles. The lowest BCUT2D eigenvalue weighted by Crippen LogP contribution is -2.47. The molecule has 2 aromatic rings. The summed E-state index contributed by atoms with van der Waals surface area (Å²) in [7, 11) is 0. The Labute approximate surface area is 152 Å². The van der Waals surface area contributed by atoms with Gasteiger partial charge in [-0.25, -0.2) is 10.9 Å². The molecule has 2 fully saturated rings. The van der Waals surface area contributed by atoms with E-state index >= 15 is 0 Å². The number of carbonyl (C=O) groups is 1. The first-order chi connectivity index (χ1) is 12.6. The Hall–Kier alpha value is -2.22. The molecule has 4 rings (SSSR count). The zero-order chi connectivity index (χ0) is 18.3. The van der Waals surface area contributed by atoms with Crippen LogP contribution in [0.5, 0.6) is 0 Å². The summed E-state index contributed by atoms with van der Waals surface area (Å²) >= 11 is 0. The number of amides is 1. The second-order valence-electron chi connectivity index (χ2n) is 7.16. The molecule has 4 unspecified atom stereocenters. The van der Waals surface area contributed by atoms with E-state index in [9.17, 15) is 4.79 Å². The first-order valence-electron chi connectivity index (χ1n) is 9.12. The van der Waals surface area contributed by atoms with Crippen molar-refractivity contribution >= 4 is 5.91 Å². The van der Waals surface area contributed by atoms with E-state index in [-0.39, 0.29) is 24.0 Å². The lowest BCUT2D eigenvalue weighted by atomic mass is 9.89. The summed E-state index contributed by atoms with van der Waals surface area (Å²) in [4.78, 5) is 15.4. The van der Waals surface area contributed by atoms with Crippen molar-refractivity contribution in [3.05, 3.63) is 52.9 Å². The van der Waals surface area contributed by atoms with Crippen LogP contribution >= 0.6 is 0 Å². The second-order valence-corrected chi connectivity index (χ2v) is 7.16. The number of hydrogen-bond acceptors (Lipinski definition) is 6. The fraction of sp³-hybridized carbons (Fsp3) is 0.474. The molecule has 0 radical (unpaired) electrons. The Bertz CT molecular complexity index is 771. The summed E-state index contributed by atoms with van der Waals surface area (Å²) in [5.41, 5.74) is 15.4. The molecular weight excluding hydrogens is 330 g/mol. The van der Waals surface area contributed by atoms with Gasteiger partial charge in [-0.3, -0.25) is 4.79 Å². The number of nitrogens with two attached hydrogens (primary N) is 1. The van der Waals surface area contributed by atoms with Crippen molar-refractivity contribution in [1.82, 2.24) is 20.9 Å². The van der Waals surface area contributed by atoms with Crippen molar-refractivity contribution in [1.29, 1.82) is 0 Å². The molecule has 2 aliphatic heterocycles. The number of hydrogen-bond donors (Lipinski definition) is 3. The van der Waals surface area contributed by atoms with Gasteiger partial charge in [0.25, 0.3) is 0 Å². The third kappa shape index (κ3) is 2.82. The Morgan fingerprint density at radius 3 is 2.73 bits per heavy atom. The number of likely N-dealkylation sites (tertiary alicyclic amines) is 1. The molecule has 7 nitrogen and oxygen atoms in total. The van der Waals surface area contributed by atoms with Crippen molar-refractivity contribution < 1.29 is 9.32 Å². The summed E-state index contributed by atoms with van der Waals surface area (Å²) in [5, 5.41) is 4.07. The molecule has 0 aliphatic carbocycles. The highest BCUT2D eigenvalue weighted by Gasteiger charge is 2.44. The number of aryl methyl sites for hydroxylation is 2. The summed E-state index contributed by atoms with van der Waals surface area (Å²) < 4.78 is 5.33. The first-order valence-corrected chi connectivity index (χ1v) is 9.12. The van der Waals surface area contributed by atoms with Gasteiger partial charge in [-0.15, -0.1) is 0 Å². The predicted octanol–water partition coefficient (Wildman–Crippen LogP) is 1.50. The highest BCUT2D eigenvalue weighted by molar-refractivity contribution is 5.84. The van der Waals surface area contributed by atoms with Gasteiger partial charge in [-0.2, -0.15) is 0 Å². The van der Waals surface area contributed by atoms with Crippen LogP contribution in [0.1, 0.15) is 47.4 Å². The number of benzene rings is 1. The van der Waals surface area contributed by atoms with Crippen molar-refractivity contribution in [2.24, 2.45) is 5.73 Å². The molecule has 26 heavy (non-hydrogen) atoms. The Morgan fingerprint density at radius 2 is 2.04 bits per heavy atom. The van der Waals surface area contributed by atoms with Crippen molar-refractivity contribution in [2.45, 2.75) is 50.9 Å². The number of nitrogens with one attached hydrogen (secondary N) is 2. The van der Waals surface area contributed by atoms with E-state index in [1.54, 1.807) is 0 Å². The zero-order valence-electron chi connectivity index (χ0n) is 15.1. The number of nitrogens with zero attached hydrogens (tertiary/aromatic N) is 2. The van der Waals surface area contributed by atoms with Crippen molar-refractivity contribution in [2.75, 3.05) is 6.54 Å². The van der Waals surface area contributed by atoms with E-state index in [0.717, 1.165) is 42.0 Å². The van der Waals surface area contributed by atoms with Gasteiger partial charge in [0.1, 0.15) is 11.8 Å². The minimum atomic E-state index is -0.395.